The second-order valence-corrected chi connectivity index (χ2v) is 7.57. The van der Waals surface area contributed by atoms with E-state index < -0.39 is 9.21 Å². The summed E-state index contributed by atoms with van der Waals surface area (Å²) in [7, 11) is 0. The van der Waals surface area contributed by atoms with Crippen molar-refractivity contribution in [3.05, 3.63) is 23.8 Å². The molecule has 1 aliphatic rings. The maximum absolute atomic E-state index is 11.8. The molecule has 16 heavy (non-hydrogen) atoms. The Hall–Kier alpha value is 0.0200. The first-order chi connectivity index (χ1) is 6.97. The molecule has 1 unspecified atom stereocenters. The number of carbonyl (C=O) groups is 1. The SMILES string of the molecule is CC(C)(C)C1=CC(C)(C(Cl)(Cl)Cl)C=CC1=O. The maximum Gasteiger partial charge on any atom is 0.202 e. The average Bonchev–Trinajstić information content (AvgIpc) is 2.05. The summed E-state index contributed by atoms with van der Waals surface area (Å²) in [6.45, 7) is 7.70. The molecule has 1 nitrogen and oxygen atoms in total. The Bertz CT molecular complexity index is 369. The summed E-state index contributed by atoms with van der Waals surface area (Å²) in [6, 6.07) is 0. The van der Waals surface area contributed by atoms with Gasteiger partial charge in [0, 0.05) is 5.57 Å². The minimum absolute atomic E-state index is 0.0146. The number of rotatable bonds is 0. The third kappa shape index (κ3) is 2.64. The number of carbonyl (C=O) groups excluding carboxylic acids is 1. The minimum atomic E-state index is -1.46. The number of hydrogen-bond donors (Lipinski definition) is 0. The van der Waals surface area contributed by atoms with Crippen molar-refractivity contribution in [1.82, 2.24) is 0 Å². The zero-order valence-electron chi connectivity index (χ0n) is 9.77. The quantitative estimate of drug-likeness (QED) is 0.599. The lowest BCUT2D eigenvalue weighted by Crippen LogP contribution is -2.33. The van der Waals surface area contributed by atoms with Crippen molar-refractivity contribution in [2.24, 2.45) is 10.8 Å². The van der Waals surface area contributed by atoms with E-state index in [4.69, 9.17) is 34.8 Å². The summed E-state index contributed by atoms with van der Waals surface area (Å²) < 4.78 is -1.46. The van der Waals surface area contributed by atoms with E-state index in [2.05, 4.69) is 0 Å². The molecule has 0 N–H and O–H groups in total. The molecule has 0 bridgehead atoms. The first-order valence-corrected chi connectivity index (χ1v) is 6.14. The fourth-order valence-electron chi connectivity index (χ4n) is 1.52. The van der Waals surface area contributed by atoms with Gasteiger partial charge in [0.15, 0.2) is 5.78 Å². The molecule has 0 spiro atoms. The van der Waals surface area contributed by atoms with Crippen LogP contribution in [0.3, 0.4) is 0 Å². The van der Waals surface area contributed by atoms with E-state index in [0.29, 0.717) is 5.57 Å². The Balaban J connectivity index is 3.26. The number of ketones is 1. The summed E-state index contributed by atoms with van der Waals surface area (Å²) in [5, 5.41) is 0. The fraction of sp³-hybridized carbons (Fsp3) is 0.583. The molecule has 0 aromatic heterocycles. The summed E-state index contributed by atoms with van der Waals surface area (Å²) in [5.41, 5.74) is -0.309. The van der Waals surface area contributed by atoms with Gasteiger partial charge in [0.1, 0.15) is 0 Å². The summed E-state index contributed by atoms with van der Waals surface area (Å²) in [5.74, 6) is -0.0146. The molecule has 0 saturated heterocycles. The summed E-state index contributed by atoms with van der Waals surface area (Å²) in [6.07, 6.45) is 4.91. The van der Waals surface area contributed by atoms with E-state index in [0.717, 1.165) is 0 Å². The van der Waals surface area contributed by atoms with E-state index in [1.807, 2.05) is 20.8 Å². The van der Waals surface area contributed by atoms with Crippen LogP contribution in [0.25, 0.3) is 0 Å². The molecular weight excluding hydrogens is 266 g/mol. The first-order valence-electron chi connectivity index (χ1n) is 5.01. The summed E-state index contributed by atoms with van der Waals surface area (Å²) in [4.78, 5) is 11.8. The van der Waals surface area contributed by atoms with Gasteiger partial charge in [0.25, 0.3) is 0 Å². The van der Waals surface area contributed by atoms with Gasteiger partial charge in [0.2, 0.25) is 3.79 Å². The van der Waals surface area contributed by atoms with Crippen LogP contribution in [0, 0.1) is 10.8 Å². The van der Waals surface area contributed by atoms with E-state index in [-0.39, 0.29) is 11.2 Å². The molecule has 0 saturated carbocycles. The van der Waals surface area contributed by atoms with E-state index in [9.17, 15) is 4.79 Å². The lowest BCUT2D eigenvalue weighted by Gasteiger charge is -2.35. The Labute approximate surface area is 111 Å². The molecule has 1 rings (SSSR count). The second-order valence-electron chi connectivity index (χ2n) is 5.29. The normalized spacial score (nSPS) is 26.9. The average molecular weight is 282 g/mol. The molecule has 1 atom stereocenters. The standard InChI is InChI=1S/C12H15Cl3O/c1-10(2,3)8-7-11(4,12(13,14)15)6-5-9(8)16/h5-7H,1-4H3. The Morgan fingerprint density at radius 3 is 2.06 bits per heavy atom. The monoisotopic (exact) mass is 280 g/mol. The van der Waals surface area contributed by atoms with Gasteiger partial charge in [-0.3, -0.25) is 4.79 Å². The van der Waals surface area contributed by atoms with Crippen LogP contribution >= 0.6 is 34.8 Å². The minimum Gasteiger partial charge on any atom is -0.290 e. The van der Waals surface area contributed by atoms with Crippen LogP contribution in [0.1, 0.15) is 27.7 Å². The molecule has 90 valence electrons. The van der Waals surface area contributed by atoms with Gasteiger partial charge in [-0.2, -0.15) is 0 Å². The van der Waals surface area contributed by atoms with Gasteiger partial charge in [-0.1, -0.05) is 67.7 Å². The van der Waals surface area contributed by atoms with Gasteiger partial charge in [-0.05, 0) is 18.4 Å². The van der Waals surface area contributed by atoms with Crippen LogP contribution in [-0.2, 0) is 4.79 Å². The van der Waals surface area contributed by atoms with Crippen LogP contribution in [0.4, 0.5) is 0 Å². The Morgan fingerprint density at radius 1 is 1.19 bits per heavy atom. The van der Waals surface area contributed by atoms with Crippen LogP contribution in [0.2, 0.25) is 0 Å². The third-order valence-electron chi connectivity index (χ3n) is 2.71. The van der Waals surface area contributed by atoms with Crippen molar-refractivity contribution < 1.29 is 4.79 Å². The molecule has 0 aliphatic heterocycles. The molecular formula is C12H15Cl3O. The molecule has 0 radical (unpaired) electrons. The highest BCUT2D eigenvalue weighted by atomic mass is 35.6. The molecule has 0 fully saturated rings. The molecule has 0 amide bonds. The summed E-state index contributed by atoms with van der Waals surface area (Å²) >= 11 is 17.8. The highest BCUT2D eigenvalue weighted by Crippen LogP contribution is 2.50. The highest BCUT2D eigenvalue weighted by Gasteiger charge is 2.44. The van der Waals surface area contributed by atoms with Crippen molar-refractivity contribution in [2.75, 3.05) is 0 Å². The van der Waals surface area contributed by atoms with Crippen LogP contribution in [-0.4, -0.2) is 9.58 Å². The topological polar surface area (TPSA) is 17.1 Å². The number of hydrogen-bond acceptors (Lipinski definition) is 1. The van der Waals surface area contributed by atoms with Gasteiger partial charge in [0.05, 0.1) is 5.41 Å². The van der Waals surface area contributed by atoms with Crippen molar-refractivity contribution in [3.63, 3.8) is 0 Å². The van der Waals surface area contributed by atoms with Crippen LogP contribution in [0.5, 0.6) is 0 Å². The molecule has 4 heteroatoms. The van der Waals surface area contributed by atoms with Gasteiger partial charge >= 0.3 is 0 Å². The number of allylic oxidation sites excluding steroid dienone is 4. The lowest BCUT2D eigenvalue weighted by molar-refractivity contribution is -0.112. The first kappa shape index (κ1) is 14.1. The van der Waals surface area contributed by atoms with Crippen molar-refractivity contribution in [2.45, 2.75) is 31.5 Å². The fourth-order valence-corrected chi connectivity index (χ4v) is 1.87. The maximum atomic E-state index is 11.8. The second kappa shape index (κ2) is 4.04. The lowest BCUT2D eigenvalue weighted by atomic mass is 9.75. The third-order valence-corrected chi connectivity index (χ3v) is 3.93. The van der Waals surface area contributed by atoms with E-state index in [1.165, 1.54) is 6.08 Å². The number of alkyl halides is 3. The van der Waals surface area contributed by atoms with Crippen molar-refractivity contribution >= 4 is 40.6 Å². The largest absolute Gasteiger partial charge is 0.290 e. The predicted octanol–water partition coefficient (Wildman–Crippen LogP) is 4.47. The van der Waals surface area contributed by atoms with E-state index in [1.54, 1.807) is 19.1 Å². The zero-order valence-corrected chi connectivity index (χ0v) is 12.0. The molecule has 1 aliphatic carbocycles. The van der Waals surface area contributed by atoms with Crippen LogP contribution < -0.4 is 0 Å². The van der Waals surface area contributed by atoms with Gasteiger partial charge < -0.3 is 0 Å². The highest BCUT2D eigenvalue weighted by molar-refractivity contribution is 6.68. The van der Waals surface area contributed by atoms with Gasteiger partial charge in [-0.25, -0.2) is 0 Å². The van der Waals surface area contributed by atoms with E-state index >= 15 is 0 Å². The predicted molar refractivity (Wildman–Crippen MR) is 70.1 cm³/mol. The smallest absolute Gasteiger partial charge is 0.202 e. The molecule has 0 heterocycles. The van der Waals surface area contributed by atoms with Gasteiger partial charge in [-0.15, -0.1) is 0 Å². The number of halogens is 3. The zero-order chi connectivity index (χ0) is 12.8. The Morgan fingerprint density at radius 2 is 1.69 bits per heavy atom. The Kier molecular flexibility index (Phi) is 3.56. The van der Waals surface area contributed by atoms with Crippen molar-refractivity contribution in [1.29, 1.82) is 0 Å². The molecule has 0 aromatic rings. The van der Waals surface area contributed by atoms with Crippen LogP contribution in [0.15, 0.2) is 23.8 Å². The molecule has 0 aromatic carbocycles. The van der Waals surface area contributed by atoms with Crippen molar-refractivity contribution in [3.8, 4) is 0 Å².